The molecule has 0 spiro atoms. The Hall–Kier alpha value is -1.92. The molecule has 0 bridgehead atoms. The highest BCUT2D eigenvalue weighted by atomic mass is 16.4. The van der Waals surface area contributed by atoms with Gasteiger partial charge < -0.3 is 15.5 Å². The molecule has 0 fully saturated rings. The lowest BCUT2D eigenvalue weighted by molar-refractivity contribution is -0.137. The Labute approximate surface area is 124 Å². The molecule has 1 aromatic rings. The van der Waals surface area contributed by atoms with Gasteiger partial charge in [0.1, 0.15) is 0 Å². The van der Waals surface area contributed by atoms with E-state index in [1.807, 2.05) is 24.3 Å². The minimum absolute atomic E-state index is 0.0571. The minimum Gasteiger partial charge on any atom is -0.481 e. The number of aliphatic hydroxyl groups excluding tert-OH is 1. The van der Waals surface area contributed by atoms with Crippen molar-refractivity contribution < 1.29 is 19.8 Å². The number of aliphatic carboxylic acids is 1. The number of carboxylic acids is 1. The maximum absolute atomic E-state index is 11.9. The molecule has 0 heterocycles. The summed E-state index contributed by atoms with van der Waals surface area (Å²) in [6, 6.07) is 7.58. The third-order valence-electron chi connectivity index (χ3n) is 3.07. The van der Waals surface area contributed by atoms with Gasteiger partial charge in [0, 0.05) is 18.8 Å². The lowest BCUT2D eigenvalue weighted by Gasteiger charge is -2.19. The standard InChI is InChI=1S/C15H22N2O4/c1-2-12-3-5-13(6-4-12)16-14(19)11-17(9-10-18)8-7-15(20)21/h3-6,18H,2,7-11H2,1H3,(H,16,19)(H,20,21). The Morgan fingerprint density at radius 3 is 2.38 bits per heavy atom. The Morgan fingerprint density at radius 1 is 1.19 bits per heavy atom. The summed E-state index contributed by atoms with van der Waals surface area (Å²) in [6.45, 7) is 2.51. The molecule has 0 unspecified atom stereocenters. The second-order valence-electron chi connectivity index (χ2n) is 4.74. The molecular formula is C15H22N2O4. The number of benzene rings is 1. The van der Waals surface area contributed by atoms with E-state index >= 15 is 0 Å². The van der Waals surface area contributed by atoms with E-state index in [1.165, 1.54) is 5.56 Å². The van der Waals surface area contributed by atoms with E-state index in [-0.39, 0.29) is 38.6 Å². The number of hydrogen-bond donors (Lipinski definition) is 3. The zero-order chi connectivity index (χ0) is 15.7. The molecular weight excluding hydrogens is 272 g/mol. The lowest BCUT2D eigenvalue weighted by Crippen LogP contribution is -2.36. The van der Waals surface area contributed by atoms with E-state index in [9.17, 15) is 9.59 Å². The number of aliphatic hydroxyl groups is 1. The third-order valence-corrected chi connectivity index (χ3v) is 3.07. The molecule has 0 aliphatic heterocycles. The van der Waals surface area contributed by atoms with E-state index in [0.29, 0.717) is 5.69 Å². The van der Waals surface area contributed by atoms with Crippen molar-refractivity contribution in [3.8, 4) is 0 Å². The van der Waals surface area contributed by atoms with Crippen LogP contribution in [0.3, 0.4) is 0 Å². The fourth-order valence-corrected chi connectivity index (χ4v) is 1.89. The first-order valence-corrected chi connectivity index (χ1v) is 6.99. The number of hydrogen-bond acceptors (Lipinski definition) is 4. The molecule has 0 aliphatic rings. The quantitative estimate of drug-likeness (QED) is 0.631. The van der Waals surface area contributed by atoms with Crippen molar-refractivity contribution >= 4 is 17.6 Å². The Balaban J connectivity index is 2.49. The fourth-order valence-electron chi connectivity index (χ4n) is 1.89. The molecule has 6 heteroatoms. The highest BCUT2D eigenvalue weighted by molar-refractivity contribution is 5.92. The smallest absolute Gasteiger partial charge is 0.304 e. The van der Waals surface area contributed by atoms with Gasteiger partial charge in [0.2, 0.25) is 5.91 Å². The van der Waals surface area contributed by atoms with Gasteiger partial charge in [-0.1, -0.05) is 19.1 Å². The average Bonchev–Trinajstić information content (AvgIpc) is 2.45. The number of carbonyl (C=O) groups is 2. The van der Waals surface area contributed by atoms with Crippen LogP contribution < -0.4 is 5.32 Å². The van der Waals surface area contributed by atoms with Crippen LogP contribution in [-0.2, 0) is 16.0 Å². The molecule has 3 N–H and O–H groups in total. The van der Waals surface area contributed by atoms with Crippen molar-refractivity contribution in [1.82, 2.24) is 4.90 Å². The average molecular weight is 294 g/mol. The first-order chi connectivity index (χ1) is 10.0. The molecule has 0 saturated carbocycles. The van der Waals surface area contributed by atoms with Gasteiger partial charge >= 0.3 is 5.97 Å². The van der Waals surface area contributed by atoms with Crippen LogP contribution in [0.4, 0.5) is 5.69 Å². The fraction of sp³-hybridized carbons (Fsp3) is 0.467. The summed E-state index contributed by atoms with van der Waals surface area (Å²) in [5.74, 6) is -1.15. The third kappa shape index (κ3) is 6.87. The number of carboxylic acid groups (broad SMARTS) is 1. The predicted molar refractivity (Wildman–Crippen MR) is 80.2 cm³/mol. The van der Waals surface area contributed by atoms with E-state index in [0.717, 1.165) is 6.42 Å². The Kier molecular flexibility index (Phi) is 7.42. The van der Waals surface area contributed by atoms with Gasteiger partial charge in [-0.15, -0.1) is 0 Å². The first kappa shape index (κ1) is 17.1. The van der Waals surface area contributed by atoms with E-state index < -0.39 is 5.97 Å². The van der Waals surface area contributed by atoms with Gasteiger partial charge in [-0.3, -0.25) is 14.5 Å². The number of carbonyl (C=O) groups excluding carboxylic acids is 1. The topological polar surface area (TPSA) is 89.9 Å². The predicted octanol–water partition coefficient (Wildman–Crippen LogP) is 0.956. The van der Waals surface area contributed by atoms with Crippen LogP contribution in [0, 0.1) is 0 Å². The number of anilines is 1. The summed E-state index contributed by atoms with van der Waals surface area (Å²) < 4.78 is 0. The first-order valence-electron chi connectivity index (χ1n) is 6.99. The van der Waals surface area contributed by atoms with Gasteiger partial charge in [0.15, 0.2) is 0 Å². The van der Waals surface area contributed by atoms with E-state index in [1.54, 1.807) is 4.90 Å². The van der Waals surface area contributed by atoms with Gasteiger partial charge in [0.05, 0.1) is 19.6 Å². The summed E-state index contributed by atoms with van der Waals surface area (Å²) in [6.07, 6.45) is 0.881. The monoisotopic (exact) mass is 294 g/mol. The molecule has 1 amide bonds. The van der Waals surface area contributed by atoms with Gasteiger partial charge in [-0.05, 0) is 24.1 Å². The SMILES string of the molecule is CCc1ccc(NC(=O)CN(CCO)CCC(=O)O)cc1. The van der Waals surface area contributed by atoms with Crippen molar-refractivity contribution in [1.29, 1.82) is 0 Å². The van der Waals surface area contributed by atoms with Gasteiger partial charge in [0.25, 0.3) is 0 Å². The molecule has 1 rings (SSSR count). The number of amides is 1. The van der Waals surface area contributed by atoms with Crippen LogP contribution in [-0.4, -0.2) is 53.2 Å². The summed E-state index contributed by atoms with van der Waals surface area (Å²) in [7, 11) is 0. The summed E-state index contributed by atoms with van der Waals surface area (Å²) >= 11 is 0. The molecule has 0 atom stereocenters. The molecule has 0 saturated heterocycles. The van der Waals surface area contributed by atoms with E-state index in [4.69, 9.17) is 10.2 Å². The highest BCUT2D eigenvalue weighted by Gasteiger charge is 2.12. The van der Waals surface area contributed by atoms with Crippen molar-refractivity contribution in [2.24, 2.45) is 0 Å². The normalized spacial score (nSPS) is 10.6. The second-order valence-corrected chi connectivity index (χ2v) is 4.74. The number of rotatable bonds is 9. The van der Waals surface area contributed by atoms with Crippen LogP contribution >= 0.6 is 0 Å². The number of aryl methyl sites for hydroxylation is 1. The molecule has 0 aliphatic carbocycles. The van der Waals surface area contributed by atoms with Crippen molar-refractivity contribution in [2.45, 2.75) is 19.8 Å². The molecule has 116 valence electrons. The maximum atomic E-state index is 11.9. The second kappa shape index (κ2) is 9.10. The zero-order valence-corrected chi connectivity index (χ0v) is 12.2. The van der Waals surface area contributed by atoms with Crippen LogP contribution in [0.1, 0.15) is 18.9 Å². The van der Waals surface area contributed by atoms with Crippen LogP contribution in [0.15, 0.2) is 24.3 Å². The van der Waals surface area contributed by atoms with Crippen molar-refractivity contribution in [2.75, 3.05) is 31.6 Å². The molecule has 6 nitrogen and oxygen atoms in total. The van der Waals surface area contributed by atoms with Crippen molar-refractivity contribution in [3.05, 3.63) is 29.8 Å². The minimum atomic E-state index is -0.923. The summed E-state index contributed by atoms with van der Waals surface area (Å²) in [5.41, 5.74) is 1.90. The zero-order valence-electron chi connectivity index (χ0n) is 12.2. The summed E-state index contributed by atoms with van der Waals surface area (Å²) in [5, 5.41) is 20.4. The molecule has 21 heavy (non-hydrogen) atoms. The molecule has 0 aromatic heterocycles. The van der Waals surface area contributed by atoms with Crippen LogP contribution in [0.5, 0.6) is 0 Å². The number of nitrogens with one attached hydrogen (secondary N) is 1. The highest BCUT2D eigenvalue weighted by Crippen LogP contribution is 2.10. The van der Waals surface area contributed by atoms with Gasteiger partial charge in [-0.2, -0.15) is 0 Å². The van der Waals surface area contributed by atoms with Crippen molar-refractivity contribution in [3.63, 3.8) is 0 Å². The summed E-state index contributed by atoms with van der Waals surface area (Å²) in [4.78, 5) is 24.1. The van der Waals surface area contributed by atoms with Crippen LogP contribution in [0.25, 0.3) is 0 Å². The Bertz CT molecular complexity index is 459. The Morgan fingerprint density at radius 2 is 1.86 bits per heavy atom. The molecule has 0 radical (unpaired) electrons. The van der Waals surface area contributed by atoms with Gasteiger partial charge in [-0.25, -0.2) is 0 Å². The number of nitrogens with zero attached hydrogens (tertiary/aromatic N) is 1. The maximum Gasteiger partial charge on any atom is 0.304 e. The molecule has 1 aromatic carbocycles. The largest absolute Gasteiger partial charge is 0.481 e. The lowest BCUT2D eigenvalue weighted by atomic mass is 10.1. The van der Waals surface area contributed by atoms with Crippen LogP contribution in [0.2, 0.25) is 0 Å². The van der Waals surface area contributed by atoms with E-state index in [2.05, 4.69) is 12.2 Å².